The van der Waals surface area contributed by atoms with E-state index in [-0.39, 0.29) is 0 Å². The van der Waals surface area contributed by atoms with Crippen LogP contribution in [-0.4, -0.2) is 101 Å². The van der Waals surface area contributed by atoms with E-state index in [1.807, 2.05) is 4.98 Å². The number of thiol groups is 1. The molecule has 0 aliphatic carbocycles. The number of phosphoric acid groups is 2. The fourth-order valence-electron chi connectivity index (χ4n) is 3.34. The average Bonchev–Trinajstić information content (AvgIpc) is 3.06. The van der Waals surface area contributed by atoms with Crippen molar-refractivity contribution in [1.82, 2.24) is 9.55 Å². The molecule has 0 radical (unpaired) electrons. The number of hydrogen-bond donors (Lipinski definition) is 8. The van der Waals surface area contributed by atoms with Gasteiger partial charge in [-0.05, 0) is 0 Å². The maximum atomic E-state index is 12.2. The van der Waals surface area contributed by atoms with Crippen molar-refractivity contribution >= 4 is 28.3 Å². The monoisotopic (exact) mass is 581 g/mol. The molecule has 0 aromatic carbocycles. The van der Waals surface area contributed by atoms with Gasteiger partial charge in [0.05, 0.1) is 24.6 Å². The molecule has 11 atom stereocenters. The fraction of sp³-hybridized carbons (Fsp3) is 0.733. The summed E-state index contributed by atoms with van der Waals surface area (Å²) in [4.78, 5) is 46.9. The van der Waals surface area contributed by atoms with Gasteiger partial charge in [0.25, 0.3) is 13.4 Å². The number of hydrogen-bond acceptors (Lipinski definition) is 16. The lowest BCUT2D eigenvalue weighted by atomic mass is 10.0. The molecule has 18 nitrogen and oxygen atoms in total. The van der Waals surface area contributed by atoms with Crippen molar-refractivity contribution < 1.29 is 67.3 Å². The molecule has 2 aliphatic heterocycles. The number of nitrogens with one attached hydrogen (secondary N) is 1. The molecule has 0 saturated carbocycles. The van der Waals surface area contributed by atoms with E-state index < -0.39 is 94.5 Å². The number of H-pyrrole nitrogens is 1. The van der Waals surface area contributed by atoms with E-state index in [0.717, 1.165) is 16.8 Å². The molecule has 1 aromatic rings. The summed E-state index contributed by atoms with van der Waals surface area (Å²) < 4.78 is 48.2. The van der Waals surface area contributed by atoms with E-state index in [9.17, 15) is 48.9 Å². The molecule has 2 fully saturated rings. The summed E-state index contributed by atoms with van der Waals surface area (Å²) in [6.45, 7) is -1.86. The highest BCUT2D eigenvalue weighted by Crippen LogP contribution is 2.59. The van der Waals surface area contributed by atoms with Gasteiger partial charge in [0.2, 0.25) is 0 Å². The standard InChI is InChI=1S/C15H24N2O16P2S/c18-3-5-8(20)10(22)12(36)14(31-5)32-35(27,28)33-34(25,26)29-4-6-9(21)11(23)13(30-6)17-2-1-7(19)16-15(17)24/h1-2,5-6,8-14,18,20-23,36H,3-4H2,(H,25,26)(H,27,28)(H,16,19,24)/p-1. The Labute approximate surface area is 206 Å². The lowest BCUT2D eigenvalue weighted by molar-refractivity contribution is -0.268. The van der Waals surface area contributed by atoms with Crippen LogP contribution in [0.4, 0.5) is 0 Å². The van der Waals surface area contributed by atoms with Crippen LogP contribution in [0.25, 0.3) is 0 Å². The number of nitrogens with zero attached hydrogens (tertiary/aromatic N) is 1. The topological polar surface area (TPSA) is 280 Å². The molecule has 0 spiro atoms. The van der Waals surface area contributed by atoms with Crippen LogP contribution in [-0.2, 0) is 32.0 Å². The van der Waals surface area contributed by atoms with Crippen LogP contribution in [0.3, 0.4) is 0 Å². The van der Waals surface area contributed by atoms with Crippen LogP contribution in [0, 0.1) is 0 Å². The van der Waals surface area contributed by atoms with Crippen molar-refractivity contribution in [2.75, 3.05) is 13.2 Å². The van der Waals surface area contributed by atoms with Crippen LogP contribution in [0.2, 0.25) is 0 Å². The fourth-order valence-corrected chi connectivity index (χ4v) is 5.87. The number of rotatable bonds is 9. The van der Waals surface area contributed by atoms with Crippen LogP contribution in [0.1, 0.15) is 6.23 Å². The van der Waals surface area contributed by atoms with Gasteiger partial charge in [-0.1, -0.05) is 0 Å². The predicted molar refractivity (Wildman–Crippen MR) is 113 cm³/mol. The van der Waals surface area contributed by atoms with Gasteiger partial charge >= 0.3 is 13.5 Å². The maximum Gasteiger partial charge on any atom is 0.478 e. The molecular weight excluding hydrogens is 558 g/mol. The van der Waals surface area contributed by atoms with Crippen molar-refractivity contribution in [1.29, 1.82) is 0 Å². The second-order valence-electron chi connectivity index (χ2n) is 7.66. The molecule has 2 saturated heterocycles. The van der Waals surface area contributed by atoms with E-state index in [2.05, 4.69) is 26.0 Å². The van der Waals surface area contributed by atoms with Crippen LogP contribution < -0.4 is 16.1 Å². The van der Waals surface area contributed by atoms with E-state index in [4.69, 9.17) is 14.6 Å². The van der Waals surface area contributed by atoms with Crippen molar-refractivity contribution in [3.05, 3.63) is 33.1 Å². The first-order chi connectivity index (χ1) is 16.7. The highest BCUT2D eigenvalue weighted by molar-refractivity contribution is 7.81. The highest BCUT2D eigenvalue weighted by Gasteiger charge is 2.47. The van der Waals surface area contributed by atoms with Gasteiger partial charge in [0.1, 0.15) is 30.5 Å². The van der Waals surface area contributed by atoms with Crippen molar-refractivity contribution in [3.8, 4) is 0 Å². The van der Waals surface area contributed by atoms with Crippen LogP contribution >= 0.6 is 28.3 Å². The summed E-state index contributed by atoms with van der Waals surface area (Å²) in [5.74, 6) is 0. The van der Waals surface area contributed by atoms with Gasteiger partial charge in [-0.3, -0.25) is 28.0 Å². The Balaban J connectivity index is 1.61. The summed E-state index contributed by atoms with van der Waals surface area (Å²) in [6, 6.07) is 0.934. The molecule has 3 heterocycles. The normalized spacial score (nSPS) is 38.4. The van der Waals surface area contributed by atoms with Crippen LogP contribution in [0.15, 0.2) is 21.9 Å². The molecule has 21 heteroatoms. The molecule has 3 rings (SSSR count). The highest BCUT2D eigenvalue weighted by atomic mass is 32.1. The first-order valence-corrected chi connectivity index (χ1v) is 13.4. The molecule has 36 heavy (non-hydrogen) atoms. The molecule has 11 unspecified atom stereocenters. The number of aliphatic hydroxyl groups excluding tert-OH is 5. The minimum absolute atomic E-state index is 0.729. The Morgan fingerprint density at radius 2 is 1.72 bits per heavy atom. The minimum Gasteiger partial charge on any atom is -0.756 e. The van der Waals surface area contributed by atoms with Gasteiger partial charge < -0.3 is 44.8 Å². The maximum absolute atomic E-state index is 12.2. The summed E-state index contributed by atoms with van der Waals surface area (Å²) in [7, 11) is -11.2. The van der Waals surface area contributed by atoms with Gasteiger partial charge in [-0.2, -0.15) is 12.6 Å². The lowest BCUT2D eigenvalue weighted by Crippen LogP contribution is -2.57. The van der Waals surface area contributed by atoms with Gasteiger partial charge in [0, 0.05) is 12.3 Å². The summed E-state index contributed by atoms with van der Waals surface area (Å²) in [5, 5.41) is 47.6. The van der Waals surface area contributed by atoms with Gasteiger partial charge in [0.15, 0.2) is 12.5 Å². The van der Waals surface area contributed by atoms with E-state index >= 15 is 0 Å². The molecule has 1 aromatic heterocycles. The smallest absolute Gasteiger partial charge is 0.478 e. The molecule has 2 aliphatic rings. The van der Waals surface area contributed by atoms with Crippen molar-refractivity contribution in [3.63, 3.8) is 0 Å². The average molecular weight is 581 g/mol. The molecule has 206 valence electrons. The Bertz CT molecular complexity index is 1130. The Morgan fingerprint density at radius 1 is 1.08 bits per heavy atom. The summed E-state index contributed by atoms with van der Waals surface area (Å²) >= 11 is 3.85. The Kier molecular flexibility index (Phi) is 9.36. The Morgan fingerprint density at radius 3 is 2.33 bits per heavy atom. The number of aromatic nitrogens is 2. The largest absolute Gasteiger partial charge is 0.756 e. The molecule has 7 N–H and O–H groups in total. The second kappa shape index (κ2) is 11.4. The summed E-state index contributed by atoms with van der Waals surface area (Å²) in [5.41, 5.74) is -1.73. The number of aromatic amines is 1. The zero-order valence-electron chi connectivity index (χ0n) is 17.8. The van der Waals surface area contributed by atoms with E-state index in [1.54, 1.807) is 0 Å². The van der Waals surface area contributed by atoms with E-state index in [1.165, 1.54) is 0 Å². The first kappa shape index (κ1) is 29.6. The number of phosphoric ester groups is 2. The van der Waals surface area contributed by atoms with Crippen molar-refractivity contribution in [2.45, 2.75) is 54.4 Å². The zero-order valence-corrected chi connectivity index (χ0v) is 20.5. The molecular formula is C15H23N2O16P2S-. The molecule has 0 bridgehead atoms. The van der Waals surface area contributed by atoms with Crippen molar-refractivity contribution in [2.24, 2.45) is 0 Å². The number of ether oxygens (including phenoxy) is 2. The predicted octanol–water partition coefficient (Wildman–Crippen LogP) is -4.49. The third-order valence-corrected chi connectivity index (χ3v) is 8.26. The Hall–Kier alpha value is -0.990. The first-order valence-electron chi connectivity index (χ1n) is 9.97. The second-order valence-corrected chi connectivity index (χ2v) is 11.2. The number of aliphatic hydroxyl groups is 5. The SMILES string of the molecule is O=c1ccn(C2OC(COP(=O)(O)OP(=O)([O-])OC3OC(CO)C(O)C(O)C3S)C(O)C2O)c(=O)[nH]1. The third-order valence-electron chi connectivity index (χ3n) is 5.15. The van der Waals surface area contributed by atoms with Gasteiger partial charge in [-0.15, -0.1) is 0 Å². The summed E-state index contributed by atoms with van der Waals surface area (Å²) in [6.07, 6.45) is -12.4. The van der Waals surface area contributed by atoms with Gasteiger partial charge in [-0.25, -0.2) is 13.7 Å². The quantitative estimate of drug-likeness (QED) is 0.101. The minimum atomic E-state index is -5.73. The zero-order chi connectivity index (χ0) is 27.0. The molecule has 0 amide bonds. The third kappa shape index (κ3) is 6.71. The van der Waals surface area contributed by atoms with Crippen LogP contribution in [0.5, 0.6) is 0 Å². The lowest BCUT2D eigenvalue weighted by Gasteiger charge is -2.41. The van der Waals surface area contributed by atoms with E-state index in [0.29, 0.717) is 0 Å².